The van der Waals surface area contributed by atoms with Crippen molar-refractivity contribution in [1.82, 2.24) is 10.2 Å². The Morgan fingerprint density at radius 2 is 2.33 bits per heavy atom. The Balaban J connectivity index is 1.78. The Bertz CT molecular complexity index is 295. The lowest BCUT2D eigenvalue weighted by Crippen LogP contribution is -2.41. The zero-order valence-electron chi connectivity index (χ0n) is 11.5. The normalized spacial score (nSPS) is 27.4. The molecule has 0 bridgehead atoms. The quantitative estimate of drug-likeness (QED) is 0.759. The van der Waals surface area contributed by atoms with Gasteiger partial charge in [-0.1, -0.05) is 12.2 Å². The van der Waals surface area contributed by atoms with E-state index in [9.17, 15) is 4.79 Å². The Labute approximate surface area is 111 Å². The van der Waals surface area contributed by atoms with Crippen molar-refractivity contribution in [1.29, 1.82) is 0 Å². The highest BCUT2D eigenvalue weighted by Crippen LogP contribution is 2.22. The molecule has 2 unspecified atom stereocenters. The van der Waals surface area contributed by atoms with Crippen LogP contribution >= 0.6 is 0 Å². The molecule has 1 N–H and O–H groups in total. The van der Waals surface area contributed by atoms with Crippen molar-refractivity contribution in [3.63, 3.8) is 0 Å². The van der Waals surface area contributed by atoms with Gasteiger partial charge in [0.05, 0.1) is 0 Å². The van der Waals surface area contributed by atoms with Crippen LogP contribution < -0.4 is 5.32 Å². The van der Waals surface area contributed by atoms with Crippen LogP contribution in [0.1, 0.15) is 39.0 Å². The largest absolute Gasteiger partial charge is 0.343 e. The fourth-order valence-electron chi connectivity index (χ4n) is 3.02. The summed E-state index contributed by atoms with van der Waals surface area (Å²) in [6.45, 7) is 6.11. The molecule has 1 aliphatic carbocycles. The second kappa shape index (κ2) is 6.93. The topological polar surface area (TPSA) is 32.3 Å². The molecule has 3 heteroatoms. The number of amides is 1. The molecule has 1 amide bonds. The highest BCUT2D eigenvalue weighted by molar-refractivity contribution is 5.76. The van der Waals surface area contributed by atoms with Crippen LogP contribution in [0.5, 0.6) is 0 Å². The molecule has 1 heterocycles. The average Bonchev–Trinajstić information content (AvgIpc) is 2.90. The Hall–Kier alpha value is -0.830. The van der Waals surface area contributed by atoms with Gasteiger partial charge in [-0.25, -0.2) is 0 Å². The van der Waals surface area contributed by atoms with Crippen LogP contribution in [0.3, 0.4) is 0 Å². The molecule has 2 aliphatic rings. The molecule has 1 fully saturated rings. The third kappa shape index (κ3) is 3.84. The molecule has 0 aromatic rings. The summed E-state index contributed by atoms with van der Waals surface area (Å²) in [4.78, 5) is 14.3. The van der Waals surface area contributed by atoms with E-state index in [-0.39, 0.29) is 0 Å². The standard InChI is InChI=1S/C15H26N2O/c1-2-17(12-14-8-5-9-16-11-14)15(18)10-13-6-3-4-7-13/h3,6,13-14,16H,2,4-5,7-12H2,1H3. The first-order valence-corrected chi connectivity index (χ1v) is 7.44. The molecular formula is C15H26N2O. The van der Waals surface area contributed by atoms with Gasteiger partial charge in [0.1, 0.15) is 0 Å². The number of rotatable bonds is 5. The van der Waals surface area contributed by atoms with Crippen molar-refractivity contribution in [2.45, 2.75) is 39.0 Å². The fourth-order valence-corrected chi connectivity index (χ4v) is 3.02. The molecule has 1 aliphatic heterocycles. The molecule has 0 aromatic carbocycles. The predicted octanol–water partition coefficient (Wildman–Crippen LogP) is 2.19. The summed E-state index contributed by atoms with van der Waals surface area (Å²) < 4.78 is 0. The average molecular weight is 250 g/mol. The maximum absolute atomic E-state index is 12.3. The molecule has 2 atom stereocenters. The second-order valence-corrected chi connectivity index (χ2v) is 5.61. The summed E-state index contributed by atoms with van der Waals surface area (Å²) in [5.74, 6) is 1.50. The summed E-state index contributed by atoms with van der Waals surface area (Å²) in [7, 11) is 0. The molecule has 0 saturated carbocycles. The number of carbonyl (C=O) groups is 1. The van der Waals surface area contributed by atoms with Gasteiger partial charge in [0.2, 0.25) is 5.91 Å². The highest BCUT2D eigenvalue weighted by Gasteiger charge is 2.22. The molecule has 1 saturated heterocycles. The van der Waals surface area contributed by atoms with Gasteiger partial charge in [0, 0.05) is 19.5 Å². The summed E-state index contributed by atoms with van der Waals surface area (Å²) in [5, 5.41) is 3.43. The summed E-state index contributed by atoms with van der Waals surface area (Å²) in [6.07, 6.45) is 9.96. The first-order chi connectivity index (χ1) is 8.79. The Morgan fingerprint density at radius 1 is 1.44 bits per heavy atom. The van der Waals surface area contributed by atoms with Crippen LogP contribution in [0.2, 0.25) is 0 Å². The van der Waals surface area contributed by atoms with Crippen molar-refractivity contribution in [2.75, 3.05) is 26.2 Å². The van der Waals surface area contributed by atoms with Crippen molar-refractivity contribution in [3.05, 3.63) is 12.2 Å². The number of piperidine rings is 1. The molecule has 0 spiro atoms. The van der Waals surface area contributed by atoms with E-state index in [0.717, 1.165) is 39.0 Å². The molecule has 0 radical (unpaired) electrons. The number of nitrogens with zero attached hydrogens (tertiary/aromatic N) is 1. The smallest absolute Gasteiger partial charge is 0.223 e. The van der Waals surface area contributed by atoms with Gasteiger partial charge in [-0.05, 0) is 57.5 Å². The lowest BCUT2D eigenvalue weighted by molar-refractivity contribution is -0.132. The first-order valence-electron chi connectivity index (χ1n) is 7.44. The summed E-state index contributed by atoms with van der Waals surface area (Å²) in [5.41, 5.74) is 0. The molecular weight excluding hydrogens is 224 g/mol. The van der Waals surface area contributed by atoms with Crippen LogP contribution in [-0.2, 0) is 4.79 Å². The summed E-state index contributed by atoms with van der Waals surface area (Å²) in [6, 6.07) is 0. The van der Waals surface area contributed by atoms with Crippen LogP contribution in [0.15, 0.2) is 12.2 Å². The number of allylic oxidation sites excluding steroid dienone is 2. The molecule has 0 aromatic heterocycles. The minimum absolute atomic E-state index is 0.347. The van der Waals surface area contributed by atoms with E-state index in [1.165, 1.54) is 12.8 Å². The van der Waals surface area contributed by atoms with Gasteiger partial charge >= 0.3 is 0 Å². The predicted molar refractivity (Wildman–Crippen MR) is 74.3 cm³/mol. The van der Waals surface area contributed by atoms with Gasteiger partial charge in [-0.15, -0.1) is 0 Å². The van der Waals surface area contributed by atoms with E-state index in [1.807, 2.05) is 0 Å². The third-order valence-corrected chi connectivity index (χ3v) is 4.16. The van der Waals surface area contributed by atoms with E-state index >= 15 is 0 Å². The van der Waals surface area contributed by atoms with E-state index < -0.39 is 0 Å². The Kier molecular flexibility index (Phi) is 5.24. The maximum Gasteiger partial charge on any atom is 0.223 e. The number of hydrogen-bond donors (Lipinski definition) is 1. The van der Waals surface area contributed by atoms with Crippen molar-refractivity contribution in [3.8, 4) is 0 Å². The van der Waals surface area contributed by atoms with E-state index in [2.05, 4.69) is 29.3 Å². The van der Waals surface area contributed by atoms with Crippen LogP contribution in [0.4, 0.5) is 0 Å². The summed E-state index contributed by atoms with van der Waals surface area (Å²) >= 11 is 0. The highest BCUT2D eigenvalue weighted by atomic mass is 16.2. The van der Waals surface area contributed by atoms with Crippen molar-refractivity contribution >= 4 is 5.91 Å². The second-order valence-electron chi connectivity index (χ2n) is 5.61. The van der Waals surface area contributed by atoms with Crippen LogP contribution in [0.25, 0.3) is 0 Å². The Morgan fingerprint density at radius 3 is 2.94 bits per heavy atom. The van der Waals surface area contributed by atoms with Crippen molar-refractivity contribution < 1.29 is 4.79 Å². The lowest BCUT2D eigenvalue weighted by atomic mass is 9.98. The third-order valence-electron chi connectivity index (χ3n) is 4.16. The lowest BCUT2D eigenvalue weighted by Gasteiger charge is -2.30. The zero-order chi connectivity index (χ0) is 12.8. The molecule has 2 rings (SSSR count). The van der Waals surface area contributed by atoms with E-state index in [0.29, 0.717) is 24.2 Å². The van der Waals surface area contributed by atoms with Gasteiger partial charge in [0.25, 0.3) is 0 Å². The number of hydrogen-bond acceptors (Lipinski definition) is 2. The van der Waals surface area contributed by atoms with Gasteiger partial charge in [-0.3, -0.25) is 4.79 Å². The SMILES string of the molecule is CCN(CC1CCCNC1)C(=O)CC1C=CCC1. The number of nitrogens with one attached hydrogen (secondary N) is 1. The maximum atomic E-state index is 12.3. The monoisotopic (exact) mass is 250 g/mol. The van der Waals surface area contributed by atoms with Gasteiger partial charge in [0.15, 0.2) is 0 Å². The van der Waals surface area contributed by atoms with Gasteiger partial charge < -0.3 is 10.2 Å². The fraction of sp³-hybridized carbons (Fsp3) is 0.800. The molecule has 102 valence electrons. The zero-order valence-corrected chi connectivity index (χ0v) is 11.5. The van der Waals surface area contributed by atoms with Crippen molar-refractivity contribution in [2.24, 2.45) is 11.8 Å². The van der Waals surface area contributed by atoms with E-state index in [4.69, 9.17) is 0 Å². The first kappa shape index (κ1) is 13.6. The minimum atomic E-state index is 0.347. The minimum Gasteiger partial charge on any atom is -0.343 e. The van der Waals surface area contributed by atoms with Crippen LogP contribution in [-0.4, -0.2) is 37.0 Å². The molecule has 3 nitrogen and oxygen atoms in total. The molecule has 18 heavy (non-hydrogen) atoms. The van der Waals surface area contributed by atoms with Gasteiger partial charge in [-0.2, -0.15) is 0 Å². The van der Waals surface area contributed by atoms with E-state index in [1.54, 1.807) is 0 Å². The van der Waals surface area contributed by atoms with Crippen LogP contribution in [0, 0.1) is 11.8 Å². The number of carbonyl (C=O) groups excluding carboxylic acids is 1.